The van der Waals surface area contributed by atoms with Crippen LogP contribution in [0.4, 0.5) is 0 Å². The standard InChI is InChI=1S/C19H20N4O3/c1-3-18(24)22-9-8-14-16(11-22)20-17-10-15(21-23(17)19(14)25)12-4-6-13(26-2)7-5-12/h4-7,10,21H,3,8-9,11H2,1-2H3. The number of H-pyrrole nitrogens is 1. The number of carbonyl (C=O) groups excluding carboxylic acids is 1. The lowest BCUT2D eigenvalue weighted by atomic mass is 10.1. The second-order valence-corrected chi connectivity index (χ2v) is 6.35. The Morgan fingerprint density at radius 1 is 1.31 bits per heavy atom. The number of methoxy groups -OCH3 is 1. The average molecular weight is 352 g/mol. The number of hydrogen-bond acceptors (Lipinski definition) is 4. The number of nitrogens with one attached hydrogen (secondary N) is 1. The lowest BCUT2D eigenvalue weighted by molar-refractivity contribution is -0.131. The predicted octanol–water partition coefficient (Wildman–Crippen LogP) is 1.99. The van der Waals surface area contributed by atoms with E-state index in [0.29, 0.717) is 42.8 Å². The van der Waals surface area contributed by atoms with Crippen molar-refractivity contribution in [2.45, 2.75) is 26.3 Å². The molecule has 3 aromatic rings. The van der Waals surface area contributed by atoms with E-state index in [4.69, 9.17) is 4.74 Å². The lowest BCUT2D eigenvalue weighted by Crippen LogP contribution is -2.39. The number of amides is 1. The van der Waals surface area contributed by atoms with Crippen LogP contribution in [0, 0.1) is 0 Å². The number of hydrogen-bond donors (Lipinski definition) is 1. The van der Waals surface area contributed by atoms with Gasteiger partial charge in [0, 0.05) is 24.6 Å². The predicted molar refractivity (Wildman–Crippen MR) is 97.2 cm³/mol. The molecule has 1 aliphatic heterocycles. The molecule has 7 nitrogen and oxygen atoms in total. The molecule has 0 saturated carbocycles. The molecule has 0 unspecified atom stereocenters. The summed E-state index contributed by atoms with van der Waals surface area (Å²) in [5.74, 6) is 0.863. The van der Waals surface area contributed by atoms with E-state index in [-0.39, 0.29) is 11.5 Å². The average Bonchev–Trinajstić information content (AvgIpc) is 3.11. The first-order chi connectivity index (χ1) is 12.6. The Morgan fingerprint density at radius 2 is 2.08 bits per heavy atom. The SMILES string of the molecule is CCC(=O)N1CCc2c(nc3cc(-c4ccc(OC)cc4)[nH]n3c2=O)C1. The first-order valence-corrected chi connectivity index (χ1v) is 8.66. The van der Waals surface area contributed by atoms with Crippen LogP contribution in [0.25, 0.3) is 16.9 Å². The molecule has 0 atom stereocenters. The van der Waals surface area contributed by atoms with E-state index in [1.165, 1.54) is 4.52 Å². The smallest absolute Gasteiger partial charge is 0.276 e. The summed E-state index contributed by atoms with van der Waals surface area (Å²) in [6.07, 6.45) is 0.995. The van der Waals surface area contributed by atoms with Crippen LogP contribution in [0.1, 0.15) is 24.6 Å². The molecule has 1 amide bonds. The van der Waals surface area contributed by atoms with Gasteiger partial charge < -0.3 is 9.64 Å². The van der Waals surface area contributed by atoms with E-state index in [1.54, 1.807) is 12.0 Å². The maximum atomic E-state index is 12.8. The molecule has 3 heterocycles. The van der Waals surface area contributed by atoms with Crippen LogP contribution in [-0.2, 0) is 17.8 Å². The molecule has 1 aromatic carbocycles. The van der Waals surface area contributed by atoms with E-state index in [9.17, 15) is 9.59 Å². The molecule has 0 saturated heterocycles. The number of aromatic nitrogens is 3. The number of benzene rings is 1. The van der Waals surface area contributed by atoms with Crippen molar-refractivity contribution in [3.63, 3.8) is 0 Å². The second kappa shape index (κ2) is 6.33. The zero-order valence-corrected chi connectivity index (χ0v) is 14.8. The summed E-state index contributed by atoms with van der Waals surface area (Å²) in [6, 6.07) is 9.45. The van der Waals surface area contributed by atoms with Gasteiger partial charge in [0.1, 0.15) is 5.75 Å². The molecule has 2 aromatic heterocycles. The van der Waals surface area contributed by atoms with Gasteiger partial charge >= 0.3 is 0 Å². The largest absolute Gasteiger partial charge is 0.497 e. The Morgan fingerprint density at radius 3 is 2.77 bits per heavy atom. The van der Waals surface area contributed by atoms with Crippen molar-refractivity contribution in [1.82, 2.24) is 19.5 Å². The van der Waals surface area contributed by atoms with E-state index in [2.05, 4.69) is 10.1 Å². The van der Waals surface area contributed by atoms with Crippen molar-refractivity contribution in [1.29, 1.82) is 0 Å². The second-order valence-electron chi connectivity index (χ2n) is 6.35. The summed E-state index contributed by atoms with van der Waals surface area (Å²) in [4.78, 5) is 31.2. The van der Waals surface area contributed by atoms with Gasteiger partial charge in [-0.25, -0.2) is 9.50 Å². The lowest BCUT2D eigenvalue weighted by Gasteiger charge is -2.27. The van der Waals surface area contributed by atoms with Gasteiger partial charge in [-0.1, -0.05) is 6.92 Å². The number of carbonyl (C=O) groups is 1. The van der Waals surface area contributed by atoms with E-state index in [1.807, 2.05) is 37.3 Å². The van der Waals surface area contributed by atoms with Crippen LogP contribution in [0.15, 0.2) is 35.1 Å². The molecule has 1 aliphatic rings. The van der Waals surface area contributed by atoms with Gasteiger partial charge in [0.2, 0.25) is 5.91 Å². The highest BCUT2D eigenvalue weighted by Gasteiger charge is 2.24. The Labute approximate surface area is 150 Å². The zero-order valence-electron chi connectivity index (χ0n) is 14.8. The van der Waals surface area contributed by atoms with Crippen LogP contribution >= 0.6 is 0 Å². The Hall–Kier alpha value is -3.09. The summed E-state index contributed by atoms with van der Waals surface area (Å²) in [5.41, 5.74) is 3.60. The Kier molecular flexibility index (Phi) is 3.99. The van der Waals surface area contributed by atoms with Crippen molar-refractivity contribution < 1.29 is 9.53 Å². The molecule has 0 radical (unpaired) electrons. The quantitative estimate of drug-likeness (QED) is 0.782. The van der Waals surface area contributed by atoms with Crippen LogP contribution in [0.5, 0.6) is 5.75 Å². The van der Waals surface area contributed by atoms with Crippen molar-refractivity contribution >= 4 is 11.6 Å². The fraction of sp³-hybridized carbons (Fsp3) is 0.316. The first-order valence-electron chi connectivity index (χ1n) is 8.66. The molecule has 1 N–H and O–H groups in total. The minimum Gasteiger partial charge on any atom is -0.497 e. The summed E-state index contributed by atoms with van der Waals surface area (Å²) in [5, 5.41) is 3.13. The first kappa shape index (κ1) is 16.4. The number of fused-ring (bicyclic) bond motifs is 2. The van der Waals surface area contributed by atoms with Crippen molar-refractivity contribution in [3.8, 4) is 17.0 Å². The summed E-state index contributed by atoms with van der Waals surface area (Å²) in [6.45, 7) is 2.81. The highest BCUT2D eigenvalue weighted by molar-refractivity contribution is 5.76. The maximum Gasteiger partial charge on any atom is 0.276 e. The van der Waals surface area contributed by atoms with Crippen LogP contribution < -0.4 is 10.3 Å². The monoisotopic (exact) mass is 352 g/mol. The summed E-state index contributed by atoms with van der Waals surface area (Å²) < 4.78 is 6.66. The molecule has 0 bridgehead atoms. The normalized spacial score (nSPS) is 13.7. The minimum atomic E-state index is -0.0895. The van der Waals surface area contributed by atoms with Gasteiger partial charge in [-0.2, -0.15) is 0 Å². The third-order valence-corrected chi connectivity index (χ3v) is 4.82. The van der Waals surface area contributed by atoms with E-state index >= 15 is 0 Å². The van der Waals surface area contributed by atoms with Gasteiger partial charge in [-0.05, 0) is 36.2 Å². The third kappa shape index (κ3) is 2.65. The topological polar surface area (TPSA) is 79.7 Å². The molecule has 134 valence electrons. The van der Waals surface area contributed by atoms with Gasteiger partial charge in [0.15, 0.2) is 5.65 Å². The zero-order chi connectivity index (χ0) is 18.3. The van der Waals surface area contributed by atoms with Gasteiger partial charge in [0.05, 0.1) is 25.0 Å². The summed E-state index contributed by atoms with van der Waals surface area (Å²) in [7, 11) is 1.62. The Bertz CT molecular complexity index is 1030. The van der Waals surface area contributed by atoms with Crippen LogP contribution in [0.2, 0.25) is 0 Å². The fourth-order valence-electron chi connectivity index (χ4n) is 3.35. The number of rotatable bonds is 3. The minimum absolute atomic E-state index is 0.0886. The van der Waals surface area contributed by atoms with Crippen LogP contribution in [-0.4, -0.2) is 39.1 Å². The number of ether oxygens (including phenoxy) is 1. The van der Waals surface area contributed by atoms with Crippen molar-refractivity contribution in [2.75, 3.05) is 13.7 Å². The maximum absolute atomic E-state index is 12.8. The van der Waals surface area contributed by atoms with Gasteiger partial charge in [-0.3, -0.25) is 14.7 Å². The number of nitrogens with zero attached hydrogens (tertiary/aromatic N) is 3. The van der Waals surface area contributed by atoms with Crippen LogP contribution in [0.3, 0.4) is 0 Å². The van der Waals surface area contributed by atoms with E-state index < -0.39 is 0 Å². The molecule has 0 fully saturated rings. The molecular weight excluding hydrogens is 332 g/mol. The van der Waals surface area contributed by atoms with Gasteiger partial charge in [-0.15, -0.1) is 0 Å². The summed E-state index contributed by atoms with van der Waals surface area (Å²) >= 11 is 0. The van der Waals surface area contributed by atoms with Crippen molar-refractivity contribution in [2.24, 2.45) is 0 Å². The molecular formula is C19H20N4O3. The number of aromatic amines is 1. The third-order valence-electron chi connectivity index (χ3n) is 4.82. The highest BCUT2D eigenvalue weighted by Crippen LogP contribution is 2.23. The molecule has 0 aliphatic carbocycles. The van der Waals surface area contributed by atoms with E-state index in [0.717, 1.165) is 17.0 Å². The molecule has 7 heteroatoms. The fourth-order valence-corrected chi connectivity index (χ4v) is 3.35. The Balaban J connectivity index is 1.76. The van der Waals surface area contributed by atoms with Crippen molar-refractivity contribution in [3.05, 3.63) is 51.9 Å². The van der Waals surface area contributed by atoms with Gasteiger partial charge in [0.25, 0.3) is 5.56 Å². The molecule has 0 spiro atoms. The molecule has 26 heavy (non-hydrogen) atoms. The molecule has 4 rings (SSSR count). The highest BCUT2D eigenvalue weighted by atomic mass is 16.5.